The number of aliphatic hydroxyl groups excluding tert-OH is 1. The first-order valence-corrected chi connectivity index (χ1v) is 5.06. The van der Waals surface area contributed by atoms with Crippen molar-refractivity contribution in [2.45, 2.75) is 39.4 Å². The third-order valence-electron chi connectivity index (χ3n) is 2.16. The molecule has 0 aliphatic rings. The molecule has 1 atom stereocenters. The number of aryl methyl sites for hydroxylation is 1. The number of aromatic nitrogens is 2. The van der Waals surface area contributed by atoms with Gasteiger partial charge in [-0.25, -0.2) is 4.98 Å². The van der Waals surface area contributed by atoms with E-state index in [0.717, 1.165) is 12.2 Å². The van der Waals surface area contributed by atoms with Crippen molar-refractivity contribution in [1.82, 2.24) is 14.9 Å². The maximum Gasteiger partial charge on any atom is 0.0948 e. The van der Waals surface area contributed by atoms with E-state index in [9.17, 15) is 5.11 Å². The minimum atomic E-state index is -0.0163. The third kappa shape index (κ3) is 2.56. The SMILES string of the molecule is CCn1cncc1C(CO)NC(C)C. The largest absolute Gasteiger partial charge is 0.394 e. The van der Waals surface area contributed by atoms with Crippen molar-refractivity contribution < 1.29 is 5.11 Å². The van der Waals surface area contributed by atoms with Crippen LogP contribution in [0, 0.1) is 0 Å². The van der Waals surface area contributed by atoms with Crippen molar-refractivity contribution in [3.63, 3.8) is 0 Å². The number of nitrogens with one attached hydrogen (secondary N) is 1. The lowest BCUT2D eigenvalue weighted by Gasteiger charge is -2.20. The summed E-state index contributed by atoms with van der Waals surface area (Å²) >= 11 is 0. The molecule has 0 saturated heterocycles. The van der Waals surface area contributed by atoms with Crippen LogP contribution in [0.3, 0.4) is 0 Å². The van der Waals surface area contributed by atoms with Gasteiger partial charge in [-0.15, -0.1) is 0 Å². The molecule has 1 unspecified atom stereocenters. The zero-order valence-electron chi connectivity index (χ0n) is 9.07. The summed E-state index contributed by atoms with van der Waals surface area (Å²) < 4.78 is 2.04. The Morgan fingerprint density at radius 2 is 2.29 bits per heavy atom. The second kappa shape index (κ2) is 5.12. The first kappa shape index (κ1) is 11.2. The molecule has 0 aliphatic carbocycles. The second-order valence-corrected chi connectivity index (χ2v) is 3.66. The van der Waals surface area contributed by atoms with Crippen LogP contribution in [0.2, 0.25) is 0 Å². The number of rotatable bonds is 5. The Morgan fingerprint density at radius 1 is 1.57 bits per heavy atom. The molecule has 0 bridgehead atoms. The molecule has 0 aliphatic heterocycles. The summed E-state index contributed by atoms with van der Waals surface area (Å²) in [4.78, 5) is 4.08. The van der Waals surface area contributed by atoms with Crippen LogP contribution >= 0.6 is 0 Å². The van der Waals surface area contributed by atoms with E-state index in [1.54, 1.807) is 12.5 Å². The summed E-state index contributed by atoms with van der Waals surface area (Å²) in [6.07, 6.45) is 3.60. The van der Waals surface area contributed by atoms with Gasteiger partial charge < -0.3 is 15.0 Å². The molecular weight excluding hydrogens is 178 g/mol. The molecule has 1 rings (SSSR count). The van der Waals surface area contributed by atoms with Crippen molar-refractivity contribution >= 4 is 0 Å². The molecule has 4 nitrogen and oxygen atoms in total. The van der Waals surface area contributed by atoms with Crippen molar-refractivity contribution in [1.29, 1.82) is 0 Å². The van der Waals surface area contributed by atoms with Gasteiger partial charge in [0.15, 0.2) is 0 Å². The summed E-state index contributed by atoms with van der Waals surface area (Å²) in [7, 11) is 0. The Bertz CT molecular complexity index is 270. The Morgan fingerprint density at radius 3 is 2.79 bits per heavy atom. The lowest BCUT2D eigenvalue weighted by Crippen LogP contribution is -2.31. The molecule has 0 amide bonds. The maximum absolute atomic E-state index is 9.26. The quantitative estimate of drug-likeness (QED) is 0.738. The van der Waals surface area contributed by atoms with Crippen LogP contribution in [0.15, 0.2) is 12.5 Å². The average molecular weight is 197 g/mol. The van der Waals surface area contributed by atoms with Crippen LogP contribution < -0.4 is 5.32 Å². The van der Waals surface area contributed by atoms with E-state index in [2.05, 4.69) is 31.1 Å². The average Bonchev–Trinajstić information content (AvgIpc) is 2.61. The normalized spacial score (nSPS) is 13.5. The van der Waals surface area contributed by atoms with Gasteiger partial charge in [0.2, 0.25) is 0 Å². The van der Waals surface area contributed by atoms with E-state index in [0.29, 0.717) is 6.04 Å². The highest BCUT2D eigenvalue weighted by atomic mass is 16.3. The monoisotopic (exact) mass is 197 g/mol. The van der Waals surface area contributed by atoms with E-state index in [4.69, 9.17) is 0 Å². The van der Waals surface area contributed by atoms with E-state index in [-0.39, 0.29) is 12.6 Å². The summed E-state index contributed by atoms with van der Waals surface area (Å²) in [5.41, 5.74) is 1.05. The summed E-state index contributed by atoms with van der Waals surface area (Å²) in [6, 6.07) is 0.338. The standard InChI is InChI=1S/C10H19N3O/c1-4-13-7-11-5-10(13)9(6-14)12-8(2)3/h5,7-9,12,14H,4,6H2,1-3H3. The third-order valence-corrected chi connectivity index (χ3v) is 2.16. The van der Waals surface area contributed by atoms with Gasteiger partial charge in [0.1, 0.15) is 0 Å². The Kier molecular flexibility index (Phi) is 4.10. The predicted molar refractivity (Wildman–Crippen MR) is 56.0 cm³/mol. The predicted octanol–water partition coefficient (Wildman–Crippen LogP) is 0.934. The van der Waals surface area contributed by atoms with Crippen LogP contribution in [-0.4, -0.2) is 27.3 Å². The number of hydrogen-bond donors (Lipinski definition) is 2. The molecule has 1 aromatic heterocycles. The fourth-order valence-corrected chi connectivity index (χ4v) is 1.52. The molecule has 80 valence electrons. The summed E-state index contributed by atoms with van der Waals surface area (Å²) in [5, 5.41) is 12.6. The highest BCUT2D eigenvalue weighted by Gasteiger charge is 2.14. The van der Waals surface area contributed by atoms with Crippen LogP contribution in [0.5, 0.6) is 0 Å². The molecule has 0 spiro atoms. The van der Waals surface area contributed by atoms with Crippen molar-refractivity contribution in [2.75, 3.05) is 6.61 Å². The summed E-state index contributed by atoms with van der Waals surface area (Å²) in [5.74, 6) is 0. The fraction of sp³-hybridized carbons (Fsp3) is 0.700. The van der Waals surface area contributed by atoms with Crippen molar-refractivity contribution in [2.24, 2.45) is 0 Å². The molecule has 0 fully saturated rings. The van der Waals surface area contributed by atoms with Gasteiger partial charge in [0.05, 0.1) is 24.7 Å². The van der Waals surface area contributed by atoms with Crippen LogP contribution in [0.4, 0.5) is 0 Å². The first-order chi connectivity index (χ1) is 6.69. The van der Waals surface area contributed by atoms with Crippen LogP contribution in [-0.2, 0) is 6.54 Å². The molecule has 0 aromatic carbocycles. The highest BCUT2D eigenvalue weighted by Crippen LogP contribution is 2.12. The zero-order chi connectivity index (χ0) is 10.6. The van der Waals surface area contributed by atoms with Gasteiger partial charge in [0, 0.05) is 18.8 Å². The van der Waals surface area contributed by atoms with E-state index in [1.165, 1.54) is 0 Å². The van der Waals surface area contributed by atoms with Gasteiger partial charge in [0.25, 0.3) is 0 Å². The maximum atomic E-state index is 9.26. The molecule has 14 heavy (non-hydrogen) atoms. The van der Waals surface area contributed by atoms with Crippen LogP contribution in [0.1, 0.15) is 32.5 Å². The second-order valence-electron chi connectivity index (χ2n) is 3.66. The Hall–Kier alpha value is -0.870. The minimum Gasteiger partial charge on any atom is -0.394 e. The number of hydrogen-bond acceptors (Lipinski definition) is 3. The summed E-state index contributed by atoms with van der Waals surface area (Å²) in [6.45, 7) is 7.18. The van der Waals surface area contributed by atoms with Gasteiger partial charge in [-0.05, 0) is 6.92 Å². The first-order valence-electron chi connectivity index (χ1n) is 5.06. The van der Waals surface area contributed by atoms with E-state index >= 15 is 0 Å². The van der Waals surface area contributed by atoms with E-state index < -0.39 is 0 Å². The number of nitrogens with zero attached hydrogens (tertiary/aromatic N) is 2. The Balaban J connectivity index is 2.77. The molecule has 0 saturated carbocycles. The number of aliphatic hydroxyl groups is 1. The fourth-order valence-electron chi connectivity index (χ4n) is 1.52. The Labute approximate surface area is 85.0 Å². The molecular formula is C10H19N3O. The van der Waals surface area contributed by atoms with Gasteiger partial charge in [-0.1, -0.05) is 13.8 Å². The lowest BCUT2D eigenvalue weighted by atomic mass is 10.2. The topological polar surface area (TPSA) is 50.1 Å². The van der Waals surface area contributed by atoms with Gasteiger partial charge in [-0.2, -0.15) is 0 Å². The zero-order valence-corrected chi connectivity index (χ0v) is 9.07. The van der Waals surface area contributed by atoms with Crippen molar-refractivity contribution in [3.8, 4) is 0 Å². The molecule has 1 aromatic rings. The van der Waals surface area contributed by atoms with Crippen molar-refractivity contribution in [3.05, 3.63) is 18.2 Å². The molecule has 1 heterocycles. The molecule has 4 heteroatoms. The lowest BCUT2D eigenvalue weighted by molar-refractivity contribution is 0.232. The van der Waals surface area contributed by atoms with Gasteiger partial charge in [-0.3, -0.25) is 0 Å². The minimum absolute atomic E-state index is 0.0163. The highest BCUT2D eigenvalue weighted by molar-refractivity contribution is 5.05. The van der Waals surface area contributed by atoms with Crippen LogP contribution in [0.25, 0.3) is 0 Å². The van der Waals surface area contributed by atoms with Gasteiger partial charge >= 0.3 is 0 Å². The molecule has 0 radical (unpaired) electrons. The van der Waals surface area contributed by atoms with E-state index in [1.807, 2.05) is 4.57 Å². The smallest absolute Gasteiger partial charge is 0.0948 e. The molecule has 2 N–H and O–H groups in total. The number of imidazole rings is 1.